The summed E-state index contributed by atoms with van der Waals surface area (Å²) in [6, 6.07) is 19.8. The van der Waals surface area contributed by atoms with Crippen molar-refractivity contribution in [2.24, 2.45) is 5.92 Å². The monoisotopic (exact) mass is 889 g/mol. The molecule has 2 aromatic heterocycles. The number of fused-ring (bicyclic) bond motifs is 3. The maximum atomic E-state index is 13.5. The van der Waals surface area contributed by atoms with Gasteiger partial charge in [-0.3, -0.25) is 54.1 Å². The Balaban J connectivity index is 0.657. The number of amides is 6. The molecule has 0 saturated carbocycles. The molecule has 11 rings (SSSR count). The molecule has 5 aromatic rings. The Morgan fingerprint density at radius 1 is 0.591 bits per heavy atom. The lowest BCUT2D eigenvalue weighted by Crippen LogP contribution is -2.54. The van der Waals surface area contributed by atoms with Gasteiger partial charge in [-0.1, -0.05) is 36.4 Å². The molecule has 1 atom stereocenters. The van der Waals surface area contributed by atoms with E-state index in [1.807, 2.05) is 54.6 Å². The van der Waals surface area contributed by atoms with Crippen LogP contribution in [0.4, 0.5) is 11.6 Å². The summed E-state index contributed by atoms with van der Waals surface area (Å²) in [6.07, 6.45) is 4.36. The van der Waals surface area contributed by atoms with E-state index >= 15 is 0 Å². The lowest BCUT2D eigenvalue weighted by molar-refractivity contribution is -0.136. The Labute approximate surface area is 380 Å². The number of benzene rings is 3. The van der Waals surface area contributed by atoms with E-state index in [1.165, 1.54) is 12.8 Å². The Hall–Kier alpha value is -6.82. The predicted molar refractivity (Wildman–Crippen MR) is 247 cm³/mol. The number of piperidine rings is 2. The molecule has 4 saturated heterocycles. The summed E-state index contributed by atoms with van der Waals surface area (Å²) in [4.78, 5) is 104. The molecular formula is C49H51N11O6. The zero-order valence-corrected chi connectivity index (χ0v) is 36.6. The lowest BCUT2D eigenvalue weighted by atomic mass is 9.96. The fourth-order valence-corrected chi connectivity index (χ4v) is 10.7. The van der Waals surface area contributed by atoms with E-state index in [4.69, 9.17) is 9.97 Å². The molecular weight excluding hydrogens is 839 g/mol. The van der Waals surface area contributed by atoms with Crippen molar-refractivity contribution in [3.05, 3.63) is 95.3 Å². The van der Waals surface area contributed by atoms with Crippen LogP contribution in [-0.2, 0) is 19.2 Å². The average Bonchev–Trinajstić information content (AvgIpc) is 3.97. The van der Waals surface area contributed by atoms with Crippen molar-refractivity contribution in [1.29, 1.82) is 0 Å². The van der Waals surface area contributed by atoms with E-state index in [1.54, 1.807) is 18.3 Å². The molecule has 338 valence electrons. The first-order valence-electron chi connectivity index (χ1n) is 23.1. The molecule has 6 aliphatic rings. The molecule has 6 amide bonds. The van der Waals surface area contributed by atoms with Crippen molar-refractivity contribution in [3.8, 4) is 0 Å². The van der Waals surface area contributed by atoms with Crippen LogP contribution in [0.2, 0.25) is 0 Å². The number of likely N-dealkylation sites (tertiary alicyclic amines) is 1. The summed E-state index contributed by atoms with van der Waals surface area (Å²) >= 11 is 0. The Morgan fingerprint density at radius 2 is 1.26 bits per heavy atom. The number of hydrogen-bond acceptors (Lipinski definition) is 13. The average molecular weight is 890 g/mol. The van der Waals surface area contributed by atoms with Crippen molar-refractivity contribution in [1.82, 2.24) is 45.2 Å². The molecule has 0 aliphatic carbocycles. The number of aromatic amines is 1. The molecule has 3 N–H and O–H groups in total. The molecule has 8 heterocycles. The second kappa shape index (κ2) is 17.2. The van der Waals surface area contributed by atoms with Gasteiger partial charge in [0.05, 0.1) is 33.5 Å². The van der Waals surface area contributed by atoms with E-state index in [0.717, 1.165) is 117 Å². The summed E-state index contributed by atoms with van der Waals surface area (Å²) in [6.45, 7) is 12.0. The minimum Gasteiger partial charge on any atom is -0.369 e. The van der Waals surface area contributed by atoms with E-state index < -0.39 is 35.6 Å². The number of hydrogen-bond donors (Lipinski definition) is 3. The third-order valence-electron chi connectivity index (χ3n) is 14.4. The van der Waals surface area contributed by atoms with Crippen molar-refractivity contribution in [3.63, 3.8) is 0 Å². The highest BCUT2D eigenvalue weighted by atomic mass is 16.2. The lowest BCUT2D eigenvalue weighted by Gasteiger charge is -2.40. The highest BCUT2D eigenvalue weighted by Gasteiger charge is 2.45. The molecule has 0 radical (unpaired) electrons. The van der Waals surface area contributed by atoms with Crippen molar-refractivity contribution in [2.45, 2.75) is 31.7 Å². The number of nitrogens with zero attached hydrogens (tertiary/aromatic N) is 8. The van der Waals surface area contributed by atoms with Crippen LogP contribution in [-0.4, -0.2) is 161 Å². The van der Waals surface area contributed by atoms with Crippen LogP contribution in [0.1, 0.15) is 57.7 Å². The number of nitrogens with one attached hydrogen (secondary N) is 3. The highest BCUT2D eigenvalue weighted by Crippen LogP contribution is 2.38. The second-order valence-corrected chi connectivity index (χ2v) is 18.2. The van der Waals surface area contributed by atoms with Crippen molar-refractivity contribution < 1.29 is 28.8 Å². The second-order valence-electron chi connectivity index (χ2n) is 18.2. The Kier molecular flexibility index (Phi) is 10.9. The number of imide groups is 3. The summed E-state index contributed by atoms with van der Waals surface area (Å²) in [5.41, 5.74) is 4.83. The maximum Gasteiger partial charge on any atom is 0.262 e. The van der Waals surface area contributed by atoms with Crippen LogP contribution in [0, 0.1) is 5.92 Å². The van der Waals surface area contributed by atoms with Gasteiger partial charge < -0.3 is 19.7 Å². The van der Waals surface area contributed by atoms with Gasteiger partial charge in [0.2, 0.25) is 17.8 Å². The van der Waals surface area contributed by atoms with Gasteiger partial charge in [-0.15, -0.1) is 0 Å². The maximum absolute atomic E-state index is 13.5. The molecule has 1 unspecified atom stereocenters. The normalized spacial score (nSPS) is 21.8. The molecule has 17 heteroatoms. The van der Waals surface area contributed by atoms with Crippen LogP contribution in [0.3, 0.4) is 0 Å². The van der Waals surface area contributed by atoms with Crippen LogP contribution >= 0.6 is 0 Å². The zero-order chi connectivity index (χ0) is 45.1. The van der Waals surface area contributed by atoms with Gasteiger partial charge in [0.1, 0.15) is 6.04 Å². The number of carbonyl (C=O) groups is 6. The molecule has 66 heavy (non-hydrogen) atoms. The van der Waals surface area contributed by atoms with Crippen LogP contribution in [0.5, 0.6) is 0 Å². The number of piperazine rings is 2. The molecule has 3 aromatic carbocycles. The van der Waals surface area contributed by atoms with Crippen LogP contribution < -0.4 is 20.4 Å². The van der Waals surface area contributed by atoms with E-state index in [2.05, 4.69) is 40.1 Å². The summed E-state index contributed by atoms with van der Waals surface area (Å²) < 4.78 is 0. The summed E-state index contributed by atoms with van der Waals surface area (Å²) in [5.74, 6) is -1.64. The molecule has 0 spiro atoms. The number of anilines is 2. The summed E-state index contributed by atoms with van der Waals surface area (Å²) in [7, 11) is 0. The molecule has 17 nitrogen and oxygen atoms in total. The Morgan fingerprint density at radius 3 is 2.03 bits per heavy atom. The van der Waals surface area contributed by atoms with Gasteiger partial charge in [0, 0.05) is 112 Å². The molecule has 0 bridgehead atoms. The minimum atomic E-state index is -0.971. The number of H-pyrrole nitrogens is 1. The van der Waals surface area contributed by atoms with E-state index in [-0.39, 0.29) is 24.3 Å². The largest absolute Gasteiger partial charge is 0.369 e. The zero-order valence-electron chi connectivity index (χ0n) is 36.6. The minimum absolute atomic E-state index is 0.0941. The first-order valence-corrected chi connectivity index (χ1v) is 23.1. The van der Waals surface area contributed by atoms with Gasteiger partial charge in [0.25, 0.3) is 23.6 Å². The van der Waals surface area contributed by atoms with Crippen LogP contribution in [0.25, 0.3) is 33.0 Å². The number of carbonyl (C=O) groups excluding carboxylic acids is 6. The fourth-order valence-electron chi connectivity index (χ4n) is 10.7. The number of para-hydroxylation sites is 2. The van der Waals surface area contributed by atoms with Gasteiger partial charge in [0.15, 0.2) is 0 Å². The van der Waals surface area contributed by atoms with Gasteiger partial charge in [-0.2, -0.15) is 0 Å². The van der Waals surface area contributed by atoms with E-state index in [9.17, 15) is 28.8 Å². The molecule has 4 fully saturated rings. The quantitative estimate of drug-likeness (QED) is 0.174. The van der Waals surface area contributed by atoms with Crippen LogP contribution in [0.15, 0.2) is 72.9 Å². The summed E-state index contributed by atoms with van der Waals surface area (Å²) in [5, 5.41) is 6.38. The highest BCUT2D eigenvalue weighted by molar-refractivity contribution is 6.50. The predicted octanol–water partition coefficient (Wildman–Crippen LogP) is 2.74. The van der Waals surface area contributed by atoms with Gasteiger partial charge in [-0.05, 0) is 68.6 Å². The number of rotatable bonds is 10. The first-order chi connectivity index (χ1) is 32.2. The topological polar surface area (TPSA) is 187 Å². The molecule has 6 aliphatic heterocycles. The Bertz CT molecular complexity index is 2850. The van der Waals surface area contributed by atoms with Gasteiger partial charge >= 0.3 is 0 Å². The van der Waals surface area contributed by atoms with Crippen molar-refractivity contribution in [2.75, 3.05) is 94.9 Å². The standard InChI is InChI=1S/C49H51N11O6/c61-40-12-11-39(44(62)52-40)60-47(65)33-10-9-31(27-35(33)48(60)66)58-23-21-57(22-24-58)29-30-13-15-55(16-14-30)17-18-56-19-25-59(26-20-56)49-51-38-8-4-2-6-34(38)43(53-49)42-41(45(63)54-46(42)64)36-28-50-37-7-3-1-5-32(36)37/h1-10,27-28,30,39,50H,11-26,29H2,(H,52,61,62)(H,54,63,64). The third-order valence-corrected chi connectivity index (χ3v) is 14.4. The SMILES string of the molecule is O=C1CCC(N2C(=O)c3ccc(N4CCN(CC5CCN(CCN6CCN(c7nc(C8=C(c9c[nH]c%10ccccc9%10)C(=O)NC8=O)c8ccccc8n7)CC6)CC5)CC4)cc3C2=O)C(=O)N1. The first kappa shape index (κ1) is 41.9. The number of aromatic nitrogens is 3. The fraction of sp³-hybridized carbons (Fsp3) is 0.388. The smallest absolute Gasteiger partial charge is 0.262 e. The van der Waals surface area contributed by atoms with E-state index in [0.29, 0.717) is 39.8 Å². The van der Waals surface area contributed by atoms with Gasteiger partial charge in [-0.25, -0.2) is 9.97 Å². The third kappa shape index (κ3) is 7.69. The van der Waals surface area contributed by atoms with Crippen molar-refractivity contribution >= 4 is 80.0 Å².